The quantitative estimate of drug-likeness (QED) is 0.0392. The van der Waals surface area contributed by atoms with Gasteiger partial charge in [0.15, 0.2) is 0 Å². The lowest BCUT2D eigenvalue weighted by Gasteiger charge is -2.38. The highest BCUT2D eigenvalue weighted by atomic mass is 28.4. The molecule has 118 heavy (non-hydrogen) atoms. The molecule has 0 unspecified atom stereocenters. The molecular formula is C97H156O13Si8. The standard InChI is InChI=1S/C97H156O13Si8/c1-90(2,3)111(25,26)103-82-50-74(51-83(60-82)104-112(27,28)91(4,5)6)65-99-78-46-71(47-79(58-78)100-66-75-52-84(105-113(29,30)92(7,8)9)61-85(53-75)106-114(31,32)93(10,11)12)42-69-41-70(45-73(44-69)64-98)43-72-48-80(101-67-76-54-86(107-115(33,34)94(13,14)15)62-87(55-76)108-116(35,36)95(16,17)18)59-81(49-72)102-68-77-56-88(109-117(37,38)96(19,20)21)63-89(57-77)110-118(39,40)97(22,23)24/h41,44-63,98H,42-43,64-68H2,1-40H3. The molecule has 21 heteroatoms. The van der Waals surface area contributed by atoms with Crippen molar-refractivity contribution < 1.29 is 59.5 Å². The van der Waals surface area contributed by atoms with Crippen molar-refractivity contribution in [3.05, 3.63) is 177 Å². The number of benzene rings is 7. The van der Waals surface area contributed by atoms with Gasteiger partial charge in [-0.3, -0.25) is 0 Å². The summed E-state index contributed by atoms with van der Waals surface area (Å²) in [6.07, 6.45) is 0.983. The molecule has 1 N–H and O–H groups in total. The van der Waals surface area contributed by atoms with Crippen LogP contribution in [0.2, 0.25) is 145 Å². The van der Waals surface area contributed by atoms with E-state index in [9.17, 15) is 5.11 Å². The first kappa shape index (κ1) is 98.9. The summed E-state index contributed by atoms with van der Waals surface area (Å²) in [7, 11) is -18.2. The van der Waals surface area contributed by atoms with Gasteiger partial charge in [-0.05, 0) is 281 Å². The van der Waals surface area contributed by atoms with E-state index in [1.165, 1.54) is 0 Å². The summed E-state index contributed by atoms with van der Waals surface area (Å²) in [5.74, 6) is 8.80. The van der Waals surface area contributed by atoms with Crippen LogP contribution in [0.3, 0.4) is 0 Å². The Balaban J connectivity index is 1.36. The van der Waals surface area contributed by atoms with Gasteiger partial charge in [-0.25, -0.2) is 0 Å². The van der Waals surface area contributed by atoms with Gasteiger partial charge in [0.1, 0.15) is 95.4 Å². The van der Waals surface area contributed by atoms with Crippen LogP contribution in [0.5, 0.6) is 69.0 Å². The molecule has 0 saturated carbocycles. The van der Waals surface area contributed by atoms with E-state index in [0.717, 1.165) is 96.1 Å². The second-order valence-corrected chi connectivity index (χ2v) is 83.4. The van der Waals surface area contributed by atoms with Gasteiger partial charge in [-0.1, -0.05) is 184 Å². The van der Waals surface area contributed by atoms with Crippen LogP contribution in [0.25, 0.3) is 0 Å². The summed E-state index contributed by atoms with van der Waals surface area (Å²) in [6.45, 7) is 91.6. The lowest BCUT2D eigenvalue weighted by molar-refractivity contribution is 0.281. The van der Waals surface area contributed by atoms with Crippen LogP contribution in [-0.2, 0) is 45.9 Å². The van der Waals surface area contributed by atoms with E-state index in [-0.39, 0.29) is 73.3 Å². The first-order valence-electron chi connectivity index (χ1n) is 42.9. The van der Waals surface area contributed by atoms with Crippen LogP contribution in [0.4, 0.5) is 0 Å². The number of ether oxygens (including phenoxy) is 4. The molecule has 7 aromatic carbocycles. The molecule has 0 aromatic heterocycles. The molecular weight excluding hydrogens is 1600 g/mol. The summed E-state index contributed by atoms with van der Waals surface area (Å²) < 4.78 is 84.5. The SMILES string of the molecule is CC(C)(C)[Si](C)(C)Oc1cc(COc2cc(Cc3cc(CO)cc(Cc4cc(OCc5cc(O[Si](C)(C)C(C)(C)C)cc(O[Si](C)(C)C(C)(C)C)c5)cc(OCc5cc(O[Si](C)(C)C(C)(C)C)cc(O[Si](C)(C)C(C)(C)C)c5)c4)c3)cc(OCc3cc(O[Si](C)(C)C(C)(C)C)cc(O[Si](C)(C)C(C)(C)C)c3)c2)cc(O[Si](C)(C)C(C)(C)C)c1. The van der Waals surface area contributed by atoms with Crippen LogP contribution in [-0.4, -0.2) is 71.6 Å². The van der Waals surface area contributed by atoms with Crippen LogP contribution in [0.1, 0.15) is 216 Å². The van der Waals surface area contributed by atoms with E-state index < -0.39 is 66.5 Å². The predicted molar refractivity (Wildman–Crippen MR) is 517 cm³/mol. The van der Waals surface area contributed by atoms with Crippen molar-refractivity contribution in [3.8, 4) is 69.0 Å². The number of hydrogen-bond acceptors (Lipinski definition) is 13. The highest BCUT2D eigenvalue weighted by Gasteiger charge is 2.46. The van der Waals surface area contributed by atoms with E-state index in [1.807, 2.05) is 12.1 Å². The first-order valence-corrected chi connectivity index (χ1v) is 66.1. The zero-order chi connectivity index (χ0) is 89.4. The summed E-state index contributed by atoms with van der Waals surface area (Å²) in [6, 6.07) is 44.0. The Labute approximate surface area is 724 Å². The smallest absolute Gasteiger partial charge is 0.250 e. The number of aliphatic hydroxyl groups is 1. The third-order valence-electron chi connectivity index (χ3n) is 26.8. The van der Waals surface area contributed by atoms with E-state index in [2.05, 4.69) is 386 Å². The third kappa shape index (κ3) is 26.9. The van der Waals surface area contributed by atoms with Crippen LogP contribution < -0.4 is 54.4 Å². The van der Waals surface area contributed by atoms with Crippen molar-refractivity contribution >= 4 is 66.5 Å². The van der Waals surface area contributed by atoms with Gasteiger partial charge in [-0.2, -0.15) is 0 Å². The van der Waals surface area contributed by atoms with E-state index in [4.69, 9.17) is 54.4 Å². The van der Waals surface area contributed by atoms with E-state index >= 15 is 0 Å². The lowest BCUT2D eigenvalue weighted by atomic mass is 9.96. The Morgan fingerprint density at radius 2 is 0.305 bits per heavy atom. The summed E-state index contributed by atoms with van der Waals surface area (Å²) in [5, 5.41) is 11.0. The maximum Gasteiger partial charge on any atom is 0.250 e. The molecule has 13 nitrogen and oxygen atoms in total. The van der Waals surface area contributed by atoms with Crippen molar-refractivity contribution in [2.45, 2.75) is 357 Å². The van der Waals surface area contributed by atoms with Crippen LogP contribution in [0.15, 0.2) is 127 Å². The summed E-state index contributed by atoms with van der Waals surface area (Å²) in [4.78, 5) is 0. The molecule has 7 aromatic rings. The molecule has 7 rings (SSSR count). The molecule has 0 fully saturated rings. The monoisotopic (exact) mass is 1750 g/mol. The molecule has 0 atom stereocenters. The van der Waals surface area contributed by atoms with Gasteiger partial charge in [0.05, 0.1) is 6.61 Å². The van der Waals surface area contributed by atoms with Gasteiger partial charge in [-0.15, -0.1) is 0 Å². The Bertz CT molecular complexity index is 3860. The average molecular weight is 1750 g/mol. The first-order chi connectivity index (χ1) is 53.3. The second kappa shape index (κ2) is 36.0. The average Bonchev–Trinajstić information content (AvgIpc) is 0.807. The molecule has 0 bridgehead atoms. The zero-order valence-corrected chi connectivity index (χ0v) is 88.9. The van der Waals surface area contributed by atoms with Crippen molar-refractivity contribution in [2.24, 2.45) is 0 Å². The Morgan fingerprint density at radius 1 is 0.178 bits per heavy atom. The largest absolute Gasteiger partial charge is 0.543 e. The molecule has 0 saturated heterocycles. The normalized spacial score (nSPS) is 13.7. The minimum atomic E-state index is -2.28. The summed E-state index contributed by atoms with van der Waals surface area (Å²) in [5.41, 5.74) is 8.43. The number of hydrogen-bond donors (Lipinski definition) is 1. The van der Waals surface area contributed by atoms with Crippen molar-refractivity contribution in [1.82, 2.24) is 0 Å². The van der Waals surface area contributed by atoms with Gasteiger partial charge >= 0.3 is 0 Å². The van der Waals surface area contributed by atoms with Crippen molar-refractivity contribution in [1.29, 1.82) is 0 Å². The van der Waals surface area contributed by atoms with Crippen molar-refractivity contribution in [2.75, 3.05) is 0 Å². The minimum absolute atomic E-state index is 0.0320. The third-order valence-corrected chi connectivity index (χ3v) is 61.7. The van der Waals surface area contributed by atoms with Gasteiger partial charge < -0.3 is 59.5 Å². The van der Waals surface area contributed by atoms with E-state index in [1.54, 1.807) is 0 Å². The molecule has 0 radical (unpaired) electrons. The molecule has 0 spiro atoms. The van der Waals surface area contributed by atoms with Gasteiger partial charge in [0.2, 0.25) is 66.5 Å². The minimum Gasteiger partial charge on any atom is -0.543 e. The Kier molecular flexibility index (Phi) is 30.2. The van der Waals surface area contributed by atoms with E-state index in [0.29, 0.717) is 35.8 Å². The number of rotatable bonds is 33. The zero-order valence-electron chi connectivity index (χ0n) is 80.9. The maximum atomic E-state index is 11.2. The van der Waals surface area contributed by atoms with Gasteiger partial charge in [0.25, 0.3) is 0 Å². The lowest BCUT2D eigenvalue weighted by Crippen LogP contribution is -2.44. The summed E-state index contributed by atoms with van der Waals surface area (Å²) >= 11 is 0. The second-order valence-electron chi connectivity index (χ2n) is 45.6. The molecule has 0 heterocycles. The Morgan fingerprint density at radius 3 is 0.449 bits per heavy atom. The fourth-order valence-electron chi connectivity index (χ4n) is 11.0. The molecule has 0 amide bonds. The fraction of sp³-hybridized carbons (Fsp3) is 0.567. The predicted octanol–water partition coefficient (Wildman–Crippen LogP) is 29.7. The maximum absolute atomic E-state index is 11.2. The highest BCUT2D eigenvalue weighted by Crippen LogP contribution is 2.48. The topological polar surface area (TPSA) is 131 Å². The molecule has 0 aliphatic rings. The highest BCUT2D eigenvalue weighted by molar-refractivity contribution is 6.78. The van der Waals surface area contributed by atoms with Gasteiger partial charge in [0, 0.05) is 36.4 Å². The molecule has 0 aliphatic carbocycles. The van der Waals surface area contributed by atoms with Crippen LogP contribution in [0, 0.1) is 0 Å². The fourth-order valence-corrected chi connectivity index (χ4v) is 19.1. The molecule has 0 aliphatic heterocycles. The Hall–Kier alpha value is -6.16. The molecule has 654 valence electrons. The van der Waals surface area contributed by atoms with Crippen molar-refractivity contribution in [3.63, 3.8) is 0 Å². The number of aliphatic hydroxyl groups excluding tert-OH is 1. The van der Waals surface area contributed by atoms with Crippen LogP contribution >= 0.6 is 0 Å².